The van der Waals surface area contributed by atoms with Crippen LogP contribution in [-0.4, -0.2) is 18.6 Å². The molecule has 0 aliphatic heterocycles. The quantitative estimate of drug-likeness (QED) is 0.610. The summed E-state index contributed by atoms with van der Waals surface area (Å²) in [4.78, 5) is 10.4. The molecule has 0 heterocycles. The Morgan fingerprint density at radius 3 is 2.88 bits per heavy atom. The molecular weight excluding hydrogens is 208 g/mol. The second-order valence-electron chi connectivity index (χ2n) is 3.13. The summed E-state index contributed by atoms with van der Waals surface area (Å²) < 4.78 is 5.08. The highest BCUT2D eigenvalue weighted by molar-refractivity contribution is 5.67. The van der Waals surface area contributed by atoms with Crippen LogP contribution in [0.3, 0.4) is 0 Å². The van der Waals surface area contributed by atoms with E-state index in [1.165, 1.54) is 13.2 Å². The summed E-state index contributed by atoms with van der Waals surface area (Å²) in [6.45, 7) is 0.513. The standard InChI is InChI=1S/C11H14N2O3/c1-16-11-7-4-6-10(13(14)15)9(11)5-2-3-8-12/h2,4-7H,3,8,12H2,1H3. The first-order chi connectivity index (χ1) is 7.70. The minimum absolute atomic E-state index is 0.0348. The van der Waals surface area contributed by atoms with Crippen molar-refractivity contribution in [3.8, 4) is 5.75 Å². The molecule has 16 heavy (non-hydrogen) atoms. The Bertz CT molecular complexity index is 402. The number of nitrogens with zero attached hydrogens (tertiary/aromatic N) is 1. The first kappa shape index (κ1) is 12.2. The van der Waals surface area contributed by atoms with Crippen molar-refractivity contribution in [2.45, 2.75) is 6.42 Å². The number of methoxy groups -OCH3 is 1. The number of hydrogen-bond acceptors (Lipinski definition) is 4. The van der Waals surface area contributed by atoms with E-state index < -0.39 is 4.92 Å². The van der Waals surface area contributed by atoms with Crippen LogP contribution in [0.15, 0.2) is 24.3 Å². The van der Waals surface area contributed by atoms with Crippen LogP contribution < -0.4 is 10.5 Å². The second-order valence-corrected chi connectivity index (χ2v) is 3.13. The lowest BCUT2D eigenvalue weighted by Gasteiger charge is -2.04. The molecule has 1 rings (SSSR count). The molecule has 0 fully saturated rings. The van der Waals surface area contributed by atoms with E-state index in [0.717, 1.165) is 0 Å². The van der Waals surface area contributed by atoms with Crippen molar-refractivity contribution in [1.82, 2.24) is 0 Å². The fraction of sp³-hybridized carbons (Fsp3) is 0.273. The minimum Gasteiger partial charge on any atom is -0.496 e. The Kier molecular flexibility index (Phi) is 4.47. The fourth-order valence-electron chi connectivity index (χ4n) is 1.33. The second kappa shape index (κ2) is 5.87. The van der Waals surface area contributed by atoms with Gasteiger partial charge in [-0.1, -0.05) is 12.1 Å². The molecule has 0 aliphatic carbocycles. The molecule has 0 spiro atoms. The summed E-state index contributed by atoms with van der Waals surface area (Å²) >= 11 is 0. The van der Waals surface area contributed by atoms with Crippen molar-refractivity contribution >= 4 is 11.8 Å². The molecule has 0 saturated heterocycles. The molecule has 0 saturated carbocycles. The van der Waals surface area contributed by atoms with Crippen molar-refractivity contribution in [2.75, 3.05) is 13.7 Å². The molecule has 2 N–H and O–H groups in total. The van der Waals surface area contributed by atoms with Gasteiger partial charge in [-0.25, -0.2) is 0 Å². The number of hydrogen-bond donors (Lipinski definition) is 1. The smallest absolute Gasteiger partial charge is 0.280 e. The van der Waals surface area contributed by atoms with Gasteiger partial charge >= 0.3 is 0 Å². The van der Waals surface area contributed by atoms with Crippen molar-refractivity contribution in [2.24, 2.45) is 5.73 Å². The summed E-state index contributed by atoms with van der Waals surface area (Å²) in [5.41, 5.74) is 5.85. The Balaban J connectivity index is 3.14. The number of nitrogens with two attached hydrogens (primary N) is 1. The van der Waals surface area contributed by atoms with Crippen LogP contribution in [0.1, 0.15) is 12.0 Å². The first-order valence-electron chi connectivity index (χ1n) is 4.88. The zero-order valence-electron chi connectivity index (χ0n) is 9.05. The summed E-state index contributed by atoms with van der Waals surface area (Å²) in [7, 11) is 1.49. The van der Waals surface area contributed by atoms with Gasteiger partial charge in [-0.2, -0.15) is 0 Å². The van der Waals surface area contributed by atoms with Gasteiger partial charge in [-0.3, -0.25) is 10.1 Å². The van der Waals surface area contributed by atoms with Crippen LogP contribution in [0.4, 0.5) is 5.69 Å². The number of rotatable bonds is 5. The van der Waals surface area contributed by atoms with Gasteiger partial charge in [0.05, 0.1) is 17.6 Å². The maximum atomic E-state index is 10.8. The molecule has 0 amide bonds. The molecular formula is C11H14N2O3. The van der Waals surface area contributed by atoms with E-state index in [4.69, 9.17) is 10.5 Å². The van der Waals surface area contributed by atoms with Crippen LogP contribution in [0, 0.1) is 10.1 Å². The predicted molar refractivity (Wildman–Crippen MR) is 62.4 cm³/mol. The van der Waals surface area contributed by atoms with Gasteiger partial charge in [-0.05, 0) is 25.1 Å². The van der Waals surface area contributed by atoms with Gasteiger partial charge in [0.2, 0.25) is 0 Å². The number of nitro groups is 1. The molecule has 86 valence electrons. The van der Waals surface area contributed by atoms with Gasteiger partial charge < -0.3 is 10.5 Å². The number of benzene rings is 1. The molecule has 1 aromatic rings. The average Bonchev–Trinajstić information content (AvgIpc) is 2.29. The number of nitro benzene ring substituents is 1. The topological polar surface area (TPSA) is 78.4 Å². The van der Waals surface area contributed by atoms with Crippen LogP contribution in [0.25, 0.3) is 6.08 Å². The van der Waals surface area contributed by atoms with E-state index in [1.807, 2.05) is 0 Å². The normalized spacial score (nSPS) is 10.6. The van der Waals surface area contributed by atoms with Gasteiger partial charge in [0.1, 0.15) is 5.75 Å². The average molecular weight is 222 g/mol. The highest BCUT2D eigenvalue weighted by atomic mass is 16.6. The molecule has 0 aliphatic rings. The third-order valence-electron chi connectivity index (χ3n) is 2.08. The van der Waals surface area contributed by atoms with Crippen LogP contribution in [0.2, 0.25) is 0 Å². The zero-order valence-corrected chi connectivity index (χ0v) is 9.05. The van der Waals surface area contributed by atoms with Crippen LogP contribution in [0.5, 0.6) is 5.75 Å². The monoisotopic (exact) mass is 222 g/mol. The lowest BCUT2D eigenvalue weighted by molar-refractivity contribution is -0.385. The van der Waals surface area contributed by atoms with Crippen LogP contribution in [-0.2, 0) is 0 Å². The molecule has 0 atom stereocenters. The highest BCUT2D eigenvalue weighted by Gasteiger charge is 2.15. The Morgan fingerprint density at radius 2 is 2.31 bits per heavy atom. The van der Waals surface area contributed by atoms with Crippen molar-refractivity contribution in [3.05, 3.63) is 40.0 Å². The fourth-order valence-corrected chi connectivity index (χ4v) is 1.33. The van der Waals surface area contributed by atoms with Gasteiger partial charge in [0.15, 0.2) is 0 Å². The Morgan fingerprint density at radius 1 is 1.56 bits per heavy atom. The van der Waals surface area contributed by atoms with Gasteiger partial charge in [0, 0.05) is 6.07 Å². The van der Waals surface area contributed by atoms with E-state index in [2.05, 4.69) is 0 Å². The Hall–Kier alpha value is -1.88. The third kappa shape index (κ3) is 2.80. The summed E-state index contributed by atoms with van der Waals surface area (Å²) in [6.07, 6.45) is 4.14. The zero-order chi connectivity index (χ0) is 12.0. The van der Waals surface area contributed by atoms with E-state index >= 15 is 0 Å². The van der Waals surface area contributed by atoms with Gasteiger partial charge in [-0.15, -0.1) is 0 Å². The summed E-state index contributed by atoms with van der Waals surface area (Å²) in [6, 6.07) is 4.73. The Labute approximate surface area is 93.7 Å². The molecule has 0 aromatic heterocycles. The first-order valence-corrected chi connectivity index (χ1v) is 4.88. The minimum atomic E-state index is -0.426. The number of ether oxygens (including phenoxy) is 1. The molecule has 1 aromatic carbocycles. The van der Waals surface area contributed by atoms with E-state index in [0.29, 0.717) is 24.3 Å². The maximum Gasteiger partial charge on any atom is 0.280 e. The third-order valence-corrected chi connectivity index (χ3v) is 2.08. The van der Waals surface area contributed by atoms with E-state index in [9.17, 15) is 10.1 Å². The molecule has 0 unspecified atom stereocenters. The van der Waals surface area contributed by atoms with E-state index in [1.54, 1.807) is 24.3 Å². The largest absolute Gasteiger partial charge is 0.496 e. The molecule has 5 nitrogen and oxygen atoms in total. The van der Waals surface area contributed by atoms with Gasteiger partial charge in [0.25, 0.3) is 5.69 Å². The van der Waals surface area contributed by atoms with Crippen molar-refractivity contribution in [3.63, 3.8) is 0 Å². The van der Waals surface area contributed by atoms with Crippen LogP contribution >= 0.6 is 0 Å². The maximum absolute atomic E-state index is 10.8. The lowest BCUT2D eigenvalue weighted by Crippen LogP contribution is -1.96. The molecule has 5 heteroatoms. The molecule has 0 bridgehead atoms. The predicted octanol–water partition coefficient (Wildman–Crippen LogP) is 1.97. The van der Waals surface area contributed by atoms with Crippen molar-refractivity contribution in [1.29, 1.82) is 0 Å². The van der Waals surface area contributed by atoms with Crippen molar-refractivity contribution < 1.29 is 9.66 Å². The summed E-state index contributed by atoms with van der Waals surface area (Å²) in [5.74, 6) is 0.488. The molecule has 0 radical (unpaired) electrons. The lowest BCUT2D eigenvalue weighted by atomic mass is 10.1. The highest BCUT2D eigenvalue weighted by Crippen LogP contribution is 2.29. The summed E-state index contributed by atoms with van der Waals surface area (Å²) in [5, 5.41) is 10.8. The SMILES string of the molecule is COc1cccc([N+](=O)[O-])c1C=CCCN. The van der Waals surface area contributed by atoms with E-state index in [-0.39, 0.29) is 5.69 Å².